The van der Waals surface area contributed by atoms with Gasteiger partial charge in [0.15, 0.2) is 0 Å². The molecule has 0 bridgehead atoms. The van der Waals surface area contributed by atoms with E-state index in [9.17, 15) is 27.9 Å². The summed E-state index contributed by atoms with van der Waals surface area (Å²) < 4.78 is 46.3. The lowest BCUT2D eigenvalue weighted by Gasteiger charge is -2.45. The van der Waals surface area contributed by atoms with E-state index in [1.54, 1.807) is 32.0 Å². The molecule has 156 valence electrons. The Balaban J connectivity index is 2.06. The van der Waals surface area contributed by atoms with Gasteiger partial charge in [-0.2, -0.15) is 13.2 Å². The highest BCUT2D eigenvalue weighted by atomic mass is 19.4. The number of likely N-dealkylation sites (tertiary alicyclic amines) is 1. The number of aromatic nitrogens is 1. The van der Waals surface area contributed by atoms with Crippen LogP contribution < -0.4 is 10.3 Å². The number of carbonyl (C=O) groups is 1. The Bertz CT molecular complexity index is 1040. The second-order valence-corrected chi connectivity index (χ2v) is 8.05. The van der Waals surface area contributed by atoms with Gasteiger partial charge < -0.3 is 14.7 Å². The summed E-state index contributed by atoms with van der Waals surface area (Å²) in [5.41, 5.74) is -2.07. The van der Waals surface area contributed by atoms with Gasteiger partial charge in [0.05, 0.1) is 17.1 Å². The third-order valence-electron chi connectivity index (χ3n) is 5.62. The molecule has 2 aliphatic heterocycles. The number of halogens is 3. The van der Waals surface area contributed by atoms with Crippen LogP contribution in [0.15, 0.2) is 29.1 Å². The van der Waals surface area contributed by atoms with Crippen molar-refractivity contribution in [2.24, 2.45) is 0 Å². The Morgan fingerprint density at radius 2 is 1.93 bits per heavy atom. The first-order valence-corrected chi connectivity index (χ1v) is 9.40. The molecule has 1 aromatic carbocycles. The van der Waals surface area contributed by atoms with Gasteiger partial charge in [-0.05, 0) is 32.4 Å². The van der Waals surface area contributed by atoms with Crippen molar-refractivity contribution in [1.29, 1.82) is 0 Å². The molecule has 29 heavy (non-hydrogen) atoms. The van der Waals surface area contributed by atoms with Crippen LogP contribution in [0.5, 0.6) is 5.75 Å². The molecule has 2 aliphatic rings. The van der Waals surface area contributed by atoms with Crippen molar-refractivity contribution in [3.8, 4) is 5.75 Å². The fourth-order valence-electron chi connectivity index (χ4n) is 4.26. The van der Waals surface area contributed by atoms with E-state index in [0.29, 0.717) is 22.9 Å². The van der Waals surface area contributed by atoms with E-state index < -0.39 is 36.0 Å². The van der Waals surface area contributed by atoms with Crippen LogP contribution in [-0.4, -0.2) is 44.9 Å². The third kappa shape index (κ3) is 3.17. The fourth-order valence-corrected chi connectivity index (χ4v) is 4.26. The lowest BCUT2D eigenvalue weighted by Crippen LogP contribution is -2.56. The standard InChI is InChI=1S/C20H21F3N2O4/c1-19(2)17(27)15(24-9-5-8-13(24)26)14-16(29-19)11-6-3-4-7-12(11)25(18(14)28)10-20(21,22)23/h3-4,6-7,15,17,27H,5,8-10H2,1-2H3. The molecule has 9 heteroatoms. The molecule has 6 nitrogen and oxygen atoms in total. The summed E-state index contributed by atoms with van der Waals surface area (Å²) in [5.74, 6) is -0.114. The van der Waals surface area contributed by atoms with Gasteiger partial charge in [-0.3, -0.25) is 14.2 Å². The Kier molecular flexibility index (Phi) is 4.41. The van der Waals surface area contributed by atoms with E-state index in [1.165, 1.54) is 11.0 Å². The number of alkyl halides is 3. The van der Waals surface area contributed by atoms with Gasteiger partial charge in [0.25, 0.3) is 5.56 Å². The number of rotatable bonds is 2. The summed E-state index contributed by atoms with van der Waals surface area (Å²) in [6.45, 7) is 2.11. The van der Waals surface area contributed by atoms with Crippen molar-refractivity contribution in [2.45, 2.75) is 57.2 Å². The normalized spacial score (nSPS) is 23.9. The molecule has 2 atom stereocenters. The SMILES string of the molecule is CC1(C)Oc2c(c(=O)n(CC(F)(F)F)c3ccccc23)C(N2CCCC2=O)C1O. The molecule has 1 saturated heterocycles. The van der Waals surface area contributed by atoms with Gasteiger partial charge in [-0.1, -0.05) is 12.1 Å². The molecule has 1 fully saturated rings. The van der Waals surface area contributed by atoms with Gasteiger partial charge >= 0.3 is 6.18 Å². The lowest BCUT2D eigenvalue weighted by molar-refractivity contribution is -0.143. The van der Waals surface area contributed by atoms with Crippen LogP contribution in [0.1, 0.15) is 38.3 Å². The molecule has 2 aromatic rings. The monoisotopic (exact) mass is 410 g/mol. The van der Waals surface area contributed by atoms with E-state index >= 15 is 0 Å². The molecule has 0 aliphatic carbocycles. The quantitative estimate of drug-likeness (QED) is 0.827. The number of hydrogen-bond donors (Lipinski definition) is 1. The number of aliphatic hydroxyl groups is 1. The second kappa shape index (κ2) is 6.48. The molecule has 1 N–H and O–H groups in total. The van der Waals surface area contributed by atoms with Gasteiger partial charge in [-0.25, -0.2) is 0 Å². The second-order valence-electron chi connectivity index (χ2n) is 8.05. The number of ether oxygens (including phenoxy) is 1. The minimum Gasteiger partial charge on any atom is -0.484 e. The zero-order chi connectivity index (χ0) is 21.1. The van der Waals surface area contributed by atoms with Crippen molar-refractivity contribution in [3.63, 3.8) is 0 Å². The lowest BCUT2D eigenvalue weighted by atomic mass is 9.85. The van der Waals surface area contributed by atoms with E-state index in [-0.39, 0.29) is 29.2 Å². The zero-order valence-corrected chi connectivity index (χ0v) is 16.0. The number of carbonyl (C=O) groups excluding carboxylic acids is 1. The minimum absolute atomic E-state index is 0.0901. The highest BCUT2D eigenvalue weighted by Crippen LogP contribution is 2.45. The van der Waals surface area contributed by atoms with Crippen molar-refractivity contribution in [3.05, 3.63) is 40.2 Å². The van der Waals surface area contributed by atoms with Crippen molar-refractivity contribution in [1.82, 2.24) is 9.47 Å². The van der Waals surface area contributed by atoms with E-state index in [1.807, 2.05) is 0 Å². The predicted molar refractivity (Wildman–Crippen MR) is 98.7 cm³/mol. The number of fused-ring (bicyclic) bond motifs is 3. The van der Waals surface area contributed by atoms with E-state index in [2.05, 4.69) is 0 Å². The first-order chi connectivity index (χ1) is 13.5. The molecule has 0 spiro atoms. The van der Waals surface area contributed by atoms with E-state index in [0.717, 1.165) is 0 Å². The average molecular weight is 410 g/mol. The maximum Gasteiger partial charge on any atom is 0.406 e. The Morgan fingerprint density at radius 3 is 2.55 bits per heavy atom. The number of amides is 1. The molecular formula is C20H21F3N2O4. The fraction of sp³-hybridized carbons (Fsp3) is 0.500. The van der Waals surface area contributed by atoms with Gasteiger partial charge in [0.2, 0.25) is 5.91 Å². The molecule has 1 amide bonds. The summed E-state index contributed by atoms with van der Waals surface area (Å²) in [4.78, 5) is 27.1. The number of aliphatic hydroxyl groups excluding tert-OH is 1. The van der Waals surface area contributed by atoms with Crippen LogP contribution >= 0.6 is 0 Å². The molecule has 1 aromatic heterocycles. The smallest absolute Gasteiger partial charge is 0.406 e. The maximum absolute atomic E-state index is 13.3. The van der Waals surface area contributed by atoms with Gasteiger partial charge in [0, 0.05) is 18.4 Å². The van der Waals surface area contributed by atoms with Gasteiger partial charge in [0.1, 0.15) is 24.0 Å². The maximum atomic E-state index is 13.3. The Hall–Kier alpha value is -2.55. The number of pyridine rings is 1. The van der Waals surface area contributed by atoms with Crippen LogP contribution in [0.2, 0.25) is 0 Å². The molecular weight excluding hydrogens is 389 g/mol. The summed E-state index contributed by atoms with van der Waals surface area (Å²) >= 11 is 0. The Labute approximate surface area is 164 Å². The molecule has 0 radical (unpaired) electrons. The zero-order valence-electron chi connectivity index (χ0n) is 16.0. The summed E-state index contributed by atoms with van der Waals surface area (Å²) in [6.07, 6.45) is -5.06. The largest absolute Gasteiger partial charge is 0.484 e. The summed E-state index contributed by atoms with van der Waals surface area (Å²) in [7, 11) is 0. The summed E-state index contributed by atoms with van der Waals surface area (Å²) in [6, 6.07) is 5.13. The number of para-hydroxylation sites is 1. The van der Waals surface area contributed by atoms with Crippen LogP contribution in [-0.2, 0) is 11.3 Å². The first kappa shape index (κ1) is 19.8. The Morgan fingerprint density at radius 1 is 1.24 bits per heavy atom. The highest BCUT2D eigenvalue weighted by molar-refractivity contribution is 5.88. The summed E-state index contributed by atoms with van der Waals surface area (Å²) in [5, 5.41) is 11.3. The molecule has 3 heterocycles. The number of hydrogen-bond acceptors (Lipinski definition) is 4. The number of nitrogens with zero attached hydrogens (tertiary/aromatic N) is 2. The predicted octanol–water partition coefficient (Wildman–Crippen LogP) is 2.76. The van der Waals surface area contributed by atoms with Crippen LogP contribution in [0.3, 0.4) is 0 Å². The molecule has 0 saturated carbocycles. The van der Waals surface area contributed by atoms with E-state index in [4.69, 9.17) is 4.74 Å². The third-order valence-corrected chi connectivity index (χ3v) is 5.62. The van der Waals surface area contributed by atoms with Crippen molar-refractivity contribution < 1.29 is 27.8 Å². The van der Waals surface area contributed by atoms with Gasteiger partial charge in [-0.15, -0.1) is 0 Å². The minimum atomic E-state index is -4.62. The number of benzene rings is 1. The van der Waals surface area contributed by atoms with Crippen LogP contribution in [0.4, 0.5) is 13.2 Å². The van der Waals surface area contributed by atoms with Crippen molar-refractivity contribution in [2.75, 3.05) is 6.54 Å². The van der Waals surface area contributed by atoms with Crippen LogP contribution in [0.25, 0.3) is 10.9 Å². The highest BCUT2D eigenvalue weighted by Gasteiger charge is 2.50. The molecule has 4 rings (SSSR count). The topological polar surface area (TPSA) is 71.8 Å². The average Bonchev–Trinajstić information content (AvgIpc) is 3.05. The van der Waals surface area contributed by atoms with Crippen LogP contribution in [0, 0.1) is 0 Å². The van der Waals surface area contributed by atoms with Crippen molar-refractivity contribution >= 4 is 16.8 Å². The molecule has 2 unspecified atom stereocenters. The first-order valence-electron chi connectivity index (χ1n) is 9.40.